The molecule has 0 aliphatic heterocycles. The molecule has 0 atom stereocenters. The highest BCUT2D eigenvalue weighted by atomic mass is 32.2. The van der Waals surface area contributed by atoms with Gasteiger partial charge in [0.05, 0.1) is 11.4 Å². The molecule has 180 valence electrons. The quantitative estimate of drug-likeness (QED) is 0.391. The molecule has 0 aliphatic carbocycles. The first-order valence-electron chi connectivity index (χ1n) is 12.0. The van der Waals surface area contributed by atoms with Gasteiger partial charge in [-0.25, -0.2) is 0 Å². The van der Waals surface area contributed by atoms with Crippen LogP contribution in [0.15, 0.2) is 34.3 Å². The van der Waals surface area contributed by atoms with E-state index in [4.69, 9.17) is 9.98 Å². The molecule has 0 saturated heterocycles. The molecule has 33 heavy (non-hydrogen) atoms. The van der Waals surface area contributed by atoms with Gasteiger partial charge in [0.2, 0.25) is 0 Å². The van der Waals surface area contributed by atoms with E-state index in [2.05, 4.69) is 107 Å². The topological polar surface area (TPSA) is 24.7 Å². The molecular formula is C30H44N2S. The molecule has 0 unspecified atom stereocenters. The molecule has 0 aliphatic rings. The van der Waals surface area contributed by atoms with E-state index in [9.17, 15) is 0 Å². The number of aryl methyl sites for hydroxylation is 6. The van der Waals surface area contributed by atoms with Crippen LogP contribution in [0, 0.1) is 52.4 Å². The fraction of sp³-hybridized carbons (Fsp3) is 0.533. The summed E-state index contributed by atoms with van der Waals surface area (Å²) in [4.78, 5) is 10.4. The Balaban J connectivity index is 2.34. The predicted octanol–water partition coefficient (Wildman–Crippen LogP) is 9.21. The van der Waals surface area contributed by atoms with Gasteiger partial charge >= 0.3 is 0 Å². The first kappa shape index (κ1) is 27.4. The second-order valence-corrected chi connectivity index (χ2v) is 12.6. The van der Waals surface area contributed by atoms with Crippen molar-refractivity contribution in [1.29, 1.82) is 0 Å². The van der Waals surface area contributed by atoms with Crippen LogP contribution < -0.4 is 0 Å². The molecule has 0 fully saturated rings. The SMILES string of the molecule is Cc1cc(C)c(N=C(CSCC(=Nc2c(C)cc(C)cc2C)C(C)(C)C)C(C)(C)C)c(C)c1. The monoisotopic (exact) mass is 464 g/mol. The van der Waals surface area contributed by atoms with E-state index >= 15 is 0 Å². The van der Waals surface area contributed by atoms with Crippen LogP contribution in [0.5, 0.6) is 0 Å². The number of hydrogen-bond donors (Lipinski definition) is 0. The summed E-state index contributed by atoms with van der Waals surface area (Å²) >= 11 is 1.93. The van der Waals surface area contributed by atoms with Crippen LogP contribution in [-0.2, 0) is 0 Å². The van der Waals surface area contributed by atoms with Crippen molar-refractivity contribution in [3.63, 3.8) is 0 Å². The van der Waals surface area contributed by atoms with Crippen LogP contribution in [0.3, 0.4) is 0 Å². The summed E-state index contributed by atoms with van der Waals surface area (Å²) in [7, 11) is 0. The van der Waals surface area contributed by atoms with Crippen molar-refractivity contribution in [2.45, 2.75) is 83.1 Å². The largest absolute Gasteiger partial charge is 0.256 e. The summed E-state index contributed by atoms with van der Waals surface area (Å²) < 4.78 is 0. The van der Waals surface area contributed by atoms with Crippen LogP contribution in [0.4, 0.5) is 11.4 Å². The Morgan fingerprint density at radius 3 is 1.09 bits per heavy atom. The van der Waals surface area contributed by atoms with Gasteiger partial charge in [-0.05, 0) is 63.8 Å². The Morgan fingerprint density at radius 2 is 0.848 bits per heavy atom. The maximum absolute atomic E-state index is 5.21. The zero-order valence-corrected chi connectivity index (χ0v) is 23.8. The number of hydrogen-bond acceptors (Lipinski definition) is 3. The molecule has 0 saturated carbocycles. The maximum atomic E-state index is 5.21. The lowest BCUT2D eigenvalue weighted by Crippen LogP contribution is -2.26. The smallest absolute Gasteiger partial charge is 0.0688 e. The lowest BCUT2D eigenvalue weighted by atomic mass is 9.90. The average Bonchev–Trinajstić information content (AvgIpc) is 2.61. The average molecular weight is 465 g/mol. The Hall–Kier alpha value is -1.87. The van der Waals surface area contributed by atoms with Crippen molar-refractivity contribution in [3.8, 4) is 0 Å². The van der Waals surface area contributed by atoms with Gasteiger partial charge < -0.3 is 0 Å². The second kappa shape index (κ2) is 10.6. The van der Waals surface area contributed by atoms with Crippen molar-refractivity contribution in [1.82, 2.24) is 0 Å². The summed E-state index contributed by atoms with van der Waals surface area (Å²) in [5.74, 6) is 1.80. The highest BCUT2D eigenvalue weighted by molar-refractivity contribution is 8.00. The number of rotatable bonds is 6. The first-order chi connectivity index (χ1) is 15.1. The standard InChI is InChI=1S/C30H44N2S/c1-19-13-21(3)27(22(4)14-19)31-25(29(7,8)9)17-33-18-26(30(10,11)12)32-28-23(5)15-20(2)16-24(28)6/h13-16H,17-18H2,1-12H3. The minimum absolute atomic E-state index is 0.0138. The van der Waals surface area contributed by atoms with E-state index in [1.54, 1.807) is 0 Å². The van der Waals surface area contributed by atoms with Crippen LogP contribution in [0.1, 0.15) is 74.9 Å². The molecule has 0 aromatic heterocycles. The van der Waals surface area contributed by atoms with Crippen molar-refractivity contribution in [3.05, 3.63) is 57.6 Å². The third-order valence-electron chi connectivity index (χ3n) is 5.97. The van der Waals surface area contributed by atoms with Crippen molar-refractivity contribution < 1.29 is 0 Å². The summed E-state index contributed by atoms with van der Waals surface area (Å²) in [5.41, 5.74) is 12.3. The van der Waals surface area contributed by atoms with E-state index in [1.165, 1.54) is 44.8 Å². The van der Waals surface area contributed by atoms with E-state index in [0.717, 1.165) is 22.9 Å². The Bertz CT molecular complexity index is 928. The van der Waals surface area contributed by atoms with Crippen molar-refractivity contribution in [2.24, 2.45) is 20.8 Å². The molecule has 2 nitrogen and oxygen atoms in total. The van der Waals surface area contributed by atoms with Crippen LogP contribution in [0.2, 0.25) is 0 Å². The summed E-state index contributed by atoms with van der Waals surface area (Å²) in [5, 5.41) is 0. The zero-order chi connectivity index (χ0) is 25.1. The fourth-order valence-corrected chi connectivity index (χ4v) is 5.53. The van der Waals surface area contributed by atoms with Crippen molar-refractivity contribution in [2.75, 3.05) is 11.5 Å². The van der Waals surface area contributed by atoms with Gasteiger partial charge in [0, 0.05) is 33.8 Å². The number of thioether (sulfide) groups is 1. The normalized spacial score (nSPS) is 13.6. The van der Waals surface area contributed by atoms with Gasteiger partial charge in [0.25, 0.3) is 0 Å². The van der Waals surface area contributed by atoms with Crippen LogP contribution in [-0.4, -0.2) is 22.9 Å². The molecule has 2 aromatic rings. The van der Waals surface area contributed by atoms with E-state index in [1.807, 2.05) is 11.8 Å². The highest BCUT2D eigenvalue weighted by Crippen LogP contribution is 2.32. The number of nitrogens with zero attached hydrogens (tertiary/aromatic N) is 2. The van der Waals surface area contributed by atoms with Crippen LogP contribution >= 0.6 is 11.8 Å². The van der Waals surface area contributed by atoms with Gasteiger partial charge in [-0.2, -0.15) is 0 Å². The Morgan fingerprint density at radius 1 is 0.576 bits per heavy atom. The Labute approximate surface area is 207 Å². The fourth-order valence-electron chi connectivity index (χ4n) is 4.04. The molecule has 0 bridgehead atoms. The maximum Gasteiger partial charge on any atom is 0.0688 e. The second-order valence-electron chi connectivity index (χ2n) is 11.6. The van der Waals surface area contributed by atoms with E-state index in [0.29, 0.717) is 0 Å². The summed E-state index contributed by atoms with van der Waals surface area (Å²) in [6.07, 6.45) is 0. The molecular weight excluding hydrogens is 420 g/mol. The first-order valence-corrected chi connectivity index (χ1v) is 13.1. The van der Waals surface area contributed by atoms with Gasteiger partial charge in [0.1, 0.15) is 0 Å². The molecule has 0 radical (unpaired) electrons. The van der Waals surface area contributed by atoms with Crippen LogP contribution in [0.25, 0.3) is 0 Å². The zero-order valence-electron chi connectivity index (χ0n) is 23.0. The molecule has 0 amide bonds. The van der Waals surface area contributed by atoms with Gasteiger partial charge in [-0.1, -0.05) is 76.9 Å². The lowest BCUT2D eigenvalue weighted by Gasteiger charge is -2.25. The summed E-state index contributed by atoms with van der Waals surface area (Å²) in [6, 6.07) is 8.93. The number of aliphatic imine (C=N–C) groups is 2. The van der Waals surface area contributed by atoms with E-state index in [-0.39, 0.29) is 10.8 Å². The third-order valence-corrected chi connectivity index (χ3v) is 6.93. The lowest BCUT2D eigenvalue weighted by molar-refractivity contribution is 0.588. The molecule has 2 rings (SSSR count). The molecule has 0 N–H and O–H groups in total. The van der Waals surface area contributed by atoms with Gasteiger partial charge in [-0.15, -0.1) is 11.8 Å². The molecule has 0 spiro atoms. The minimum Gasteiger partial charge on any atom is -0.256 e. The minimum atomic E-state index is 0.0138. The Kier molecular flexibility index (Phi) is 8.79. The summed E-state index contributed by atoms with van der Waals surface area (Å²) in [6.45, 7) is 26.6. The van der Waals surface area contributed by atoms with E-state index < -0.39 is 0 Å². The van der Waals surface area contributed by atoms with Crippen molar-refractivity contribution >= 4 is 34.6 Å². The highest BCUT2D eigenvalue weighted by Gasteiger charge is 2.23. The third kappa shape index (κ3) is 7.57. The number of benzene rings is 2. The predicted molar refractivity (Wildman–Crippen MR) is 152 cm³/mol. The van der Waals surface area contributed by atoms with Gasteiger partial charge in [0.15, 0.2) is 0 Å². The molecule has 0 heterocycles. The molecule has 2 aromatic carbocycles. The van der Waals surface area contributed by atoms with Gasteiger partial charge in [-0.3, -0.25) is 9.98 Å². The molecule has 3 heteroatoms.